The van der Waals surface area contributed by atoms with Gasteiger partial charge in [0.05, 0.1) is 7.11 Å². The average Bonchev–Trinajstić information content (AvgIpc) is 2.19. The van der Waals surface area contributed by atoms with E-state index >= 15 is 0 Å². The zero-order chi connectivity index (χ0) is 10.4. The molecule has 0 aliphatic carbocycles. The number of azide groups is 1. The Morgan fingerprint density at radius 2 is 2.21 bits per heavy atom. The predicted octanol–water partition coefficient (Wildman–Crippen LogP) is 2.94. The summed E-state index contributed by atoms with van der Waals surface area (Å²) >= 11 is 0. The molecule has 4 nitrogen and oxygen atoms in total. The highest BCUT2D eigenvalue weighted by Crippen LogP contribution is 2.19. The first kappa shape index (κ1) is 10.4. The Kier molecular flexibility index (Phi) is 3.83. The summed E-state index contributed by atoms with van der Waals surface area (Å²) in [6.45, 7) is 1.88. The number of benzene rings is 1. The third-order valence-electron chi connectivity index (χ3n) is 1.96. The molecular weight excluding hydrogens is 178 g/mol. The number of methoxy groups -OCH3 is 1. The van der Waals surface area contributed by atoms with Crippen LogP contribution in [0.15, 0.2) is 29.4 Å². The second-order valence-electron chi connectivity index (χ2n) is 3.07. The van der Waals surface area contributed by atoms with Crippen LogP contribution in [-0.4, -0.2) is 13.2 Å². The van der Waals surface area contributed by atoms with E-state index in [0.717, 1.165) is 11.3 Å². The number of ether oxygens (including phenoxy) is 1. The van der Waals surface area contributed by atoms with Crippen LogP contribution in [0.4, 0.5) is 0 Å². The highest BCUT2D eigenvalue weighted by molar-refractivity contribution is 5.33. The lowest BCUT2D eigenvalue weighted by molar-refractivity contribution is 0.408. The van der Waals surface area contributed by atoms with Crippen molar-refractivity contribution in [1.29, 1.82) is 0 Å². The van der Waals surface area contributed by atoms with Gasteiger partial charge in [-0.3, -0.25) is 0 Å². The van der Waals surface area contributed by atoms with Crippen LogP contribution in [0.2, 0.25) is 0 Å². The fraction of sp³-hybridized carbons (Fsp3) is 0.400. The molecule has 0 N–H and O–H groups in total. The van der Waals surface area contributed by atoms with E-state index in [9.17, 15) is 0 Å². The molecule has 0 amide bonds. The molecule has 1 aromatic rings. The summed E-state index contributed by atoms with van der Waals surface area (Å²) in [4.78, 5) is 2.77. The SMILES string of the molecule is COc1ccccc1CC(C)N=[N+]=[N-]. The molecule has 1 aromatic carbocycles. The maximum atomic E-state index is 8.27. The molecule has 0 bridgehead atoms. The minimum atomic E-state index is -0.0451. The normalized spacial score (nSPS) is 11.6. The molecule has 1 rings (SSSR count). The summed E-state index contributed by atoms with van der Waals surface area (Å²) in [5.74, 6) is 0.840. The Labute approximate surface area is 83.1 Å². The number of rotatable bonds is 4. The number of hydrogen-bond acceptors (Lipinski definition) is 2. The fourth-order valence-corrected chi connectivity index (χ4v) is 1.32. The molecule has 0 radical (unpaired) electrons. The van der Waals surface area contributed by atoms with Gasteiger partial charge in [-0.2, -0.15) is 0 Å². The van der Waals surface area contributed by atoms with Crippen LogP contribution < -0.4 is 4.74 Å². The zero-order valence-corrected chi connectivity index (χ0v) is 8.34. The lowest BCUT2D eigenvalue weighted by Gasteiger charge is -2.09. The van der Waals surface area contributed by atoms with E-state index < -0.39 is 0 Å². The van der Waals surface area contributed by atoms with Crippen molar-refractivity contribution < 1.29 is 4.74 Å². The van der Waals surface area contributed by atoms with Gasteiger partial charge in [-0.15, -0.1) is 0 Å². The van der Waals surface area contributed by atoms with Crippen molar-refractivity contribution in [2.24, 2.45) is 5.11 Å². The Morgan fingerprint density at radius 3 is 2.86 bits per heavy atom. The largest absolute Gasteiger partial charge is 0.496 e. The fourth-order valence-electron chi connectivity index (χ4n) is 1.32. The van der Waals surface area contributed by atoms with Gasteiger partial charge in [-0.1, -0.05) is 30.2 Å². The summed E-state index contributed by atoms with van der Waals surface area (Å²) in [6, 6.07) is 7.69. The van der Waals surface area contributed by atoms with E-state index in [0.29, 0.717) is 6.42 Å². The van der Waals surface area contributed by atoms with Gasteiger partial charge >= 0.3 is 0 Å². The van der Waals surface area contributed by atoms with Gasteiger partial charge in [0.15, 0.2) is 0 Å². The first-order valence-electron chi connectivity index (χ1n) is 4.44. The third kappa shape index (κ3) is 2.68. The Balaban J connectivity index is 2.79. The average molecular weight is 191 g/mol. The van der Waals surface area contributed by atoms with Crippen molar-refractivity contribution in [2.75, 3.05) is 7.11 Å². The summed E-state index contributed by atoms with van der Waals surface area (Å²) in [5, 5.41) is 3.62. The second-order valence-corrected chi connectivity index (χ2v) is 3.07. The van der Waals surface area contributed by atoms with Crippen LogP contribution in [0.5, 0.6) is 5.75 Å². The number of hydrogen-bond donors (Lipinski definition) is 0. The maximum absolute atomic E-state index is 8.27. The van der Waals surface area contributed by atoms with Gasteiger partial charge in [0, 0.05) is 11.0 Å². The summed E-state index contributed by atoms with van der Waals surface area (Å²) in [7, 11) is 1.64. The van der Waals surface area contributed by atoms with E-state index in [-0.39, 0.29) is 6.04 Å². The monoisotopic (exact) mass is 191 g/mol. The van der Waals surface area contributed by atoms with Crippen molar-refractivity contribution in [1.82, 2.24) is 0 Å². The molecular formula is C10H13N3O. The third-order valence-corrected chi connectivity index (χ3v) is 1.96. The number of nitrogens with zero attached hydrogens (tertiary/aromatic N) is 3. The van der Waals surface area contributed by atoms with E-state index in [1.807, 2.05) is 31.2 Å². The standard InChI is InChI=1S/C10H13N3O/c1-8(12-13-11)7-9-5-3-4-6-10(9)14-2/h3-6,8H,7H2,1-2H3. The van der Waals surface area contributed by atoms with Crippen molar-refractivity contribution in [3.63, 3.8) is 0 Å². The van der Waals surface area contributed by atoms with Gasteiger partial charge in [-0.25, -0.2) is 0 Å². The van der Waals surface area contributed by atoms with Gasteiger partial charge in [0.25, 0.3) is 0 Å². The molecule has 1 unspecified atom stereocenters. The van der Waals surface area contributed by atoms with Crippen LogP contribution in [0.25, 0.3) is 10.4 Å². The van der Waals surface area contributed by atoms with E-state index in [4.69, 9.17) is 10.3 Å². The maximum Gasteiger partial charge on any atom is 0.122 e. The second kappa shape index (κ2) is 5.14. The van der Waals surface area contributed by atoms with E-state index in [2.05, 4.69) is 10.0 Å². The molecule has 1 atom stereocenters. The van der Waals surface area contributed by atoms with Crippen molar-refractivity contribution in [2.45, 2.75) is 19.4 Å². The molecule has 0 aromatic heterocycles. The lowest BCUT2D eigenvalue weighted by atomic mass is 10.1. The Bertz CT molecular complexity index is 345. The van der Waals surface area contributed by atoms with Crippen LogP contribution in [-0.2, 0) is 6.42 Å². The lowest BCUT2D eigenvalue weighted by Crippen LogP contribution is -2.03. The predicted molar refractivity (Wildman–Crippen MR) is 55.3 cm³/mol. The Hall–Kier alpha value is -1.67. The molecule has 0 aliphatic heterocycles. The van der Waals surface area contributed by atoms with Crippen LogP contribution in [0.3, 0.4) is 0 Å². The molecule has 0 saturated heterocycles. The summed E-state index contributed by atoms with van der Waals surface area (Å²) in [5.41, 5.74) is 9.33. The van der Waals surface area contributed by atoms with Gasteiger partial charge in [0.2, 0.25) is 0 Å². The zero-order valence-electron chi connectivity index (χ0n) is 8.34. The van der Waals surface area contributed by atoms with Gasteiger partial charge in [-0.05, 0) is 23.6 Å². The topological polar surface area (TPSA) is 58.0 Å². The van der Waals surface area contributed by atoms with Gasteiger partial charge < -0.3 is 4.74 Å². The van der Waals surface area contributed by atoms with Crippen LogP contribution >= 0.6 is 0 Å². The van der Waals surface area contributed by atoms with Crippen LogP contribution in [0, 0.1) is 0 Å². The van der Waals surface area contributed by atoms with Crippen LogP contribution in [0.1, 0.15) is 12.5 Å². The van der Waals surface area contributed by atoms with Crippen molar-refractivity contribution in [3.8, 4) is 5.75 Å². The Morgan fingerprint density at radius 1 is 1.50 bits per heavy atom. The molecule has 0 saturated carbocycles. The molecule has 0 heterocycles. The quantitative estimate of drug-likeness (QED) is 0.410. The highest BCUT2D eigenvalue weighted by atomic mass is 16.5. The van der Waals surface area contributed by atoms with Gasteiger partial charge in [0.1, 0.15) is 5.75 Å². The van der Waals surface area contributed by atoms with E-state index in [1.165, 1.54) is 0 Å². The molecule has 0 fully saturated rings. The smallest absolute Gasteiger partial charge is 0.122 e. The van der Waals surface area contributed by atoms with Crippen molar-refractivity contribution >= 4 is 0 Å². The number of para-hydroxylation sites is 1. The molecule has 0 aliphatic rings. The van der Waals surface area contributed by atoms with Crippen molar-refractivity contribution in [3.05, 3.63) is 40.3 Å². The molecule has 74 valence electrons. The molecule has 14 heavy (non-hydrogen) atoms. The van der Waals surface area contributed by atoms with E-state index in [1.54, 1.807) is 7.11 Å². The minimum absolute atomic E-state index is 0.0451. The summed E-state index contributed by atoms with van der Waals surface area (Å²) in [6.07, 6.45) is 0.702. The minimum Gasteiger partial charge on any atom is -0.496 e. The highest BCUT2D eigenvalue weighted by Gasteiger charge is 2.05. The molecule has 4 heteroatoms. The first-order chi connectivity index (χ1) is 6.77. The summed E-state index contributed by atoms with van der Waals surface area (Å²) < 4.78 is 5.19. The first-order valence-corrected chi connectivity index (χ1v) is 4.44. The molecule has 0 spiro atoms.